The number of hydrogen-bond acceptors (Lipinski definition) is 2. The lowest BCUT2D eigenvalue weighted by Gasteiger charge is -2.25. The van der Waals surface area contributed by atoms with E-state index in [1.165, 1.54) is 0 Å². The number of rotatable bonds is 5. The number of aliphatic hydroxyl groups excluding tert-OH is 1. The Labute approximate surface area is 107 Å². The number of carbonyl (C=O) groups excluding carboxylic acids is 1. The van der Waals surface area contributed by atoms with Crippen LogP contribution in [0.25, 0.3) is 0 Å². The average molecular weight is 256 g/mol. The first kappa shape index (κ1) is 14.0. The number of nitrogens with one attached hydrogen (secondary N) is 1. The van der Waals surface area contributed by atoms with Crippen LogP contribution in [-0.2, 0) is 10.2 Å². The highest BCUT2D eigenvalue weighted by molar-refractivity contribution is 6.30. The standard InChI is InChI=1S/C13H18ClNO2/c1-13(2,9-15-12(17)7-8-16)10-3-5-11(14)6-4-10/h3-6,16H,7-9H2,1-2H3,(H,15,17). The van der Waals surface area contributed by atoms with E-state index in [0.29, 0.717) is 11.6 Å². The van der Waals surface area contributed by atoms with E-state index < -0.39 is 0 Å². The molecule has 1 aromatic rings. The van der Waals surface area contributed by atoms with E-state index in [2.05, 4.69) is 19.2 Å². The van der Waals surface area contributed by atoms with Crippen molar-refractivity contribution in [1.82, 2.24) is 5.32 Å². The highest BCUT2D eigenvalue weighted by Gasteiger charge is 2.21. The molecule has 2 N–H and O–H groups in total. The molecule has 3 nitrogen and oxygen atoms in total. The highest BCUT2D eigenvalue weighted by atomic mass is 35.5. The molecule has 0 saturated carbocycles. The number of hydrogen-bond donors (Lipinski definition) is 2. The van der Waals surface area contributed by atoms with Crippen molar-refractivity contribution in [2.75, 3.05) is 13.2 Å². The molecule has 1 rings (SSSR count). The van der Waals surface area contributed by atoms with Gasteiger partial charge in [0, 0.05) is 23.4 Å². The zero-order valence-electron chi connectivity index (χ0n) is 10.2. The lowest BCUT2D eigenvalue weighted by atomic mass is 9.84. The molecule has 0 aromatic heterocycles. The third-order valence-corrected chi connectivity index (χ3v) is 2.94. The molecule has 0 heterocycles. The van der Waals surface area contributed by atoms with Gasteiger partial charge in [0.05, 0.1) is 6.61 Å². The van der Waals surface area contributed by atoms with Crippen LogP contribution in [0.3, 0.4) is 0 Å². The SMILES string of the molecule is CC(C)(CNC(=O)CCO)c1ccc(Cl)cc1. The summed E-state index contributed by atoms with van der Waals surface area (Å²) in [5, 5.41) is 12.1. The molecule has 0 spiro atoms. The van der Waals surface area contributed by atoms with Gasteiger partial charge >= 0.3 is 0 Å². The minimum absolute atomic E-state index is 0.118. The molecule has 0 saturated heterocycles. The smallest absolute Gasteiger partial charge is 0.222 e. The van der Waals surface area contributed by atoms with Gasteiger partial charge in [0.1, 0.15) is 0 Å². The summed E-state index contributed by atoms with van der Waals surface area (Å²) < 4.78 is 0. The van der Waals surface area contributed by atoms with Gasteiger partial charge in [-0.3, -0.25) is 4.79 Å². The van der Waals surface area contributed by atoms with Gasteiger partial charge in [-0.05, 0) is 17.7 Å². The van der Waals surface area contributed by atoms with Crippen molar-refractivity contribution < 1.29 is 9.90 Å². The Morgan fingerprint density at radius 2 is 1.94 bits per heavy atom. The summed E-state index contributed by atoms with van der Waals surface area (Å²) in [6, 6.07) is 7.60. The summed E-state index contributed by atoms with van der Waals surface area (Å²) in [7, 11) is 0. The molecule has 0 bridgehead atoms. The first-order valence-electron chi connectivity index (χ1n) is 5.59. The zero-order valence-corrected chi connectivity index (χ0v) is 10.9. The quantitative estimate of drug-likeness (QED) is 0.847. The van der Waals surface area contributed by atoms with Gasteiger partial charge in [-0.2, -0.15) is 0 Å². The first-order chi connectivity index (χ1) is 7.95. The predicted molar refractivity (Wildman–Crippen MR) is 69.2 cm³/mol. The van der Waals surface area contributed by atoms with E-state index in [4.69, 9.17) is 16.7 Å². The van der Waals surface area contributed by atoms with Crippen molar-refractivity contribution >= 4 is 17.5 Å². The molecule has 0 aliphatic heterocycles. The van der Waals surface area contributed by atoms with Crippen LogP contribution in [-0.4, -0.2) is 24.2 Å². The molecule has 1 aromatic carbocycles. The molecule has 0 aliphatic rings. The molecular weight excluding hydrogens is 238 g/mol. The third-order valence-electron chi connectivity index (χ3n) is 2.69. The summed E-state index contributed by atoms with van der Waals surface area (Å²) in [6.45, 7) is 4.52. The van der Waals surface area contributed by atoms with Gasteiger partial charge in [-0.15, -0.1) is 0 Å². The summed E-state index contributed by atoms with van der Waals surface area (Å²) >= 11 is 5.83. The number of amides is 1. The van der Waals surface area contributed by atoms with E-state index in [1.54, 1.807) is 0 Å². The molecule has 0 aliphatic carbocycles. The normalized spacial score (nSPS) is 11.3. The molecule has 94 valence electrons. The molecule has 0 fully saturated rings. The fourth-order valence-corrected chi connectivity index (χ4v) is 1.64. The molecule has 0 unspecified atom stereocenters. The Morgan fingerprint density at radius 3 is 2.47 bits per heavy atom. The molecule has 1 amide bonds. The van der Waals surface area contributed by atoms with E-state index >= 15 is 0 Å². The maximum Gasteiger partial charge on any atom is 0.222 e. The van der Waals surface area contributed by atoms with Crippen molar-refractivity contribution in [3.05, 3.63) is 34.9 Å². The van der Waals surface area contributed by atoms with Crippen LogP contribution in [0.15, 0.2) is 24.3 Å². The van der Waals surface area contributed by atoms with Gasteiger partial charge in [-0.1, -0.05) is 37.6 Å². The first-order valence-corrected chi connectivity index (χ1v) is 5.97. The Morgan fingerprint density at radius 1 is 1.35 bits per heavy atom. The van der Waals surface area contributed by atoms with E-state index in [9.17, 15) is 4.79 Å². The number of aliphatic hydroxyl groups is 1. The van der Waals surface area contributed by atoms with Gasteiger partial charge in [0.2, 0.25) is 5.91 Å². The average Bonchev–Trinajstić information content (AvgIpc) is 2.28. The molecule has 0 atom stereocenters. The van der Waals surface area contributed by atoms with E-state index in [-0.39, 0.29) is 24.3 Å². The molecule has 17 heavy (non-hydrogen) atoms. The lowest BCUT2D eigenvalue weighted by molar-refractivity contribution is -0.121. The highest BCUT2D eigenvalue weighted by Crippen LogP contribution is 2.23. The van der Waals surface area contributed by atoms with Crippen LogP contribution in [0.5, 0.6) is 0 Å². The van der Waals surface area contributed by atoms with Gasteiger partial charge in [0.25, 0.3) is 0 Å². The lowest BCUT2D eigenvalue weighted by Crippen LogP contribution is -2.36. The molecule has 0 radical (unpaired) electrons. The van der Waals surface area contributed by atoms with E-state index in [0.717, 1.165) is 5.56 Å². The Hall–Kier alpha value is -1.06. The summed E-state index contributed by atoms with van der Waals surface area (Å²) in [5.74, 6) is -0.130. The van der Waals surface area contributed by atoms with Crippen molar-refractivity contribution in [3.63, 3.8) is 0 Å². The minimum Gasteiger partial charge on any atom is -0.396 e. The third kappa shape index (κ3) is 4.36. The maximum absolute atomic E-state index is 11.3. The fourth-order valence-electron chi connectivity index (χ4n) is 1.51. The summed E-state index contributed by atoms with van der Waals surface area (Å²) in [4.78, 5) is 11.3. The molecule has 4 heteroatoms. The maximum atomic E-state index is 11.3. The van der Waals surface area contributed by atoms with Crippen molar-refractivity contribution in [2.24, 2.45) is 0 Å². The zero-order chi connectivity index (χ0) is 12.9. The Kier molecular flexibility index (Phi) is 4.97. The largest absolute Gasteiger partial charge is 0.396 e. The second-order valence-electron chi connectivity index (χ2n) is 4.64. The van der Waals surface area contributed by atoms with Crippen LogP contribution in [0.1, 0.15) is 25.8 Å². The van der Waals surface area contributed by atoms with Crippen molar-refractivity contribution in [2.45, 2.75) is 25.7 Å². The summed E-state index contributed by atoms with van der Waals surface area (Å²) in [5.41, 5.74) is 0.960. The van der Waals surface area contributed by atoms with Gasteiger partial charge < -0.3 is 10.4 Å². The molecular formula is C13H18ClNO2. The predicted octanol–water partition coefficient (Wildman–Crippen LogP) is 2.12. The van der Waals surface area contributed by atoms with Crippen molar-refractivity contribution in [3.8, 4) is 0 Å². The Balaban J connectivity index is 2.61. The monoisotopic (exact) mass is 255 g/mol. The minimum atomic E-state index is -0.157. The second kappa shape index (κ2) is 6.03. The topological polar surface area (TPSA) is 49.3 Å². The van der Waals surface area contributed by atoms with Gasteiger partial charge in [-0.25, -0.2) is 0 Å². The van der Waals surface area contributed by atoms with Crippen LogP contribution in [0.4, 0.5) is 0 Å². The number of carbonyl (C=O) groups is 1. The fraction of sp³-hybridized carbons (Fsp3) is 0.462. The van der Waals surface area contributed by atoms with Crippen LogP contribution < -0.4 is 5.32 Å². The van der Waals surface area contributed by atoms with E-state index in [1.807, 2.05) is 24.3 Å². The number of benzene rings is 1. The van der Waals surface area contributed by atoms with Crippen molar-refractivity contribution in [1.29, 1.82) is 0 Å². The van der Waals surface area contributed by atoms with Crippen LogP contribution >= 0.6 is 11.6 Å². The van der Waals surface area contributed by atoms with Gasteiger partial charge in [0.15, 0.2) is 0 Å². The van der Waals surface area contributed by atoms with Crippen LogP contribution in [0.2, 0.25) is 5.02 Å². The second-order valence-corrected chi connectivity index (χ2v) is 5.08. The van der Waals surface area contributed by atoms with Crippen LogP contribution in [0, 0.1) is 0 Å². The summed E-state index contributed by atoms with van der Waals surface area (Å²) in [6.07, 6.45) is 0.150. The Bertz CT molecular complexity index is 374. The number of halogens is 1.